The number of anilines is 1. The second-order valence-electron chi connectivity index (χ2n) is 5.42. The minimum atomic E-state index is -4.17. The predicted octanol–water partition coefficient (Wildman–Crippen LogP) is 3.22. The zero-order chi connectivity index (χ0) is 20.9. The Balaban J connectivity index is 2.61. The number of hydrogen-bond donors (Lipinski definition) is 0. The molecule has 0 aliphatic heterocycles. The molecular formula is C18H18ClNO6S2. The number of nitrogens with zero attached hydrogens (tertiary/aromatic N) is 1. The summed E-state index contributed by atoms with van der Waals surface area (Å²) in [4.78, 5) is 24.6. The van der Waals surface area contributed by atoms with E-state index in [2.05, 4.69) is 9.47 Å². The number of halogens is 1. The van der Waals surface area contributed by atoms with Crippen molar-refractivity contribution < 1.29 is 27.5 Å². The summed E-state index contributed by atoms with van der Waals surface area (Å²) in [5.41, 5.74) is 0.0496. The van der Waals surface area contributed by atoms with E-state index in [0.29, 0.717) is 0 Å². The number of benzene rings is 2. The number of carbonyl (C=O) groups excluding carboxylic acids is 2. The Morgan fingerprint density at radius 2 is 1.71 bits per heavy atom. The van der Waals surface area contributed by atoms with E-state index in [-0.39, 0.29) is 21.2 Å². The fourth-order valence-electron chi connectivity index (χ4n) is 2.30. The van der Waals surface area contributed by atoms with Gasteiger partial charge in [-0.3, -0.25) is 9.10 Å². The van der Waals surface area contributed by atoms with Gasteiger partial charge in [-0.15, -0.1) is 11.8 Å². The number of thioether (sulfide) groups is 1. The molecule has 0 bridgehead atoms. The molecule has 0 heterocycles. The molecule has 10 heteroatoms. The minimum absolute atomic E-state index is 0.0336. The maximum Gasteiger partial charge on any atom is 0.337 e. The van der Waals surface area contributed by atoms with Gasteiger partial charge in [0.2, 0.25) is 0 Å². The number of ether oxygens (including phenoxy) is 2. The van der Waals surface area contributed by atoms with Gasteiger partial charge in [0.25, 0.3) is 10.0 Å². The number of hydrogen-bond acceptors (Lipinski definition) is 7. The first kappa shape index (κ1) is 22.1. The summed E-state index contributed by atoms with van der Waals surface area (Å²) >= 11 is 7.66. The Hall–Kier alpha value is -2.23. The number of sulfonamides is 1. The molecule has 7 nitrogen and oxygen atoms in total. The standard InChI is InChI=1S/C18H18ClNO6S2/c1-25-17(21)11-20(16-10-12(18(22)26-2)4-9-15(16)19)28(23,24)14-7-5-13(27-3)6-8-14/h4-10H,11H2,1-3H3. The fraction of sp³-hybridized carbons (Fsp3) is 0.222. The van der Waals surface area contributed by atoms with Crippen LogP contribution in [-0.2, 0) is 24.3 Å². The van der Waals surface area contributed by atoms with Crippen molar-refractivity contribution in [1.29, 1.82) is 0 Å². The molecule has 0 N–H and O–H groups in total. The Morgan fingerprint density at radius 3 is 2.25 bits per heavy atom. The van der Waals surface area contributed by atoms with Crippen molar-refractivity contribution >= 4 is 51.0 Å². The van der Waals surface area contributed by atoms with Gasteiger partial charge in [0.05, 0.1) is 35.4 Å². The second-order valence-corrected chi connectivity index (χ2v) is 8.57. The van der Waals surface area contributed by atoms with Crippen molar-refractivity contribution in [3.8, 4) is 0 Å². The van der Waals surface area contributed by atoms with Gasteiger partial charge in [-0.1, -0.05) is 11.6 Å². The third-order valence-electron chi connectivity index (χ3n) is 3.78. The van der Waals surface area contributed by atoms with E-state index >= 15 is 0 Å². The largest absolute Gasteiger partial charge is 0.468 e. The van der Waals surface area contributed by atoms with Gasteiger partial charge in [0.15, 0.2) is 0 Å². The van der Waals surface area contributed by atoms with Crippen molar-refractivity contribution in [2.45, 2.75) is 9.79 Å². The first-order valence-electron chi connectivity index (χ1n) is 7.86. The molecule has 0 atom stereocenters. The summed E-state index contributed by atoms with van der Waals surface area (Å²) in [5, 5.41) is 0.0425. The van der Waals surface area contributed by atoms with Crippen molar-refractivity contribution in [2.24, 2.45) is 0 Å². The van der Waals surface area contributed by atoms with Crippen molar-refractivity contribution in [3.63, 3.8) is 0 Å². The van der Waals surface area contributed by atoms with E-state index in [0.717, 1.165) is 16.3 Å². The van der Waals surface area contributed by atoms with Crippen LogP contribution < -0.4 is 4.31 Å². The molecule has 0 radical (unpaired) electrons. The Morgan fingerprint density at radius 1 is 1.07 bits per heavy atom. The molecule has 2 rings (SSSR count). The highest BCUT2D eigenvalue weighted by Gasteiger charge is 2.30. The number of carbonyl (C=O) groups is 2. The van der Waals surface area contributed by atoms with Crippen LogP contribution >= 0.6 is 23.4 Å². The van der Waals surface area contributed by atoms with Crippen LogP contribution in [-0.4, -0.2) is 47.4 Å². The third-order valence-corrected chi connectivity index (χ3v) is 6.62. The first-order chi connectivity index (χ1) is 13.2. The lowest BCUT2D eigenvalue weighted by Gasteiger charge is -2.24. The highest BCUT2D eigenvalue weighted by molar-refractivity contribution is 7.98. The van der Waals surface area contributed by atoms with E-state index in [9.17, 15) is 18.0 Å². The Bertz CT molecular complexity index is 976. The lowest BCUT2D eigenvalue weighted by molar-refractivity contribution is -0.138. The topological polar surface area (TPSA) is 90.0 Å². The Kier molecular flexibility index (Phi) is 7.34. The normalized spacial score (nSPS) is 11.0. The zero-order valence-corrected chi connectivity index (χ0v) is 17.7. The molecule has 0 aliphatic rings. The molecule has 0 saturated carbocycles. The highest BCUT2D eigenvalue weighted by Crippen LogP contribution is 2.32. The van der Waals surface area contributed by atoms with Crippen LogP contribution in [0.25, 0.3) is 0 Å². The lowest BCUT2D eigenvalue weighted by Crippen LogP contribution is -2.36. The fourth-order valence-corrected chi connectivity index (χ4v) is 4.40. The van der Waals surface area contributed by atoms with Crippen LogP contribution in [0.15, 0.2) is 52.3 Å². The molecule has 0 aliphatic carbocycles. The van der Waals surface area contributed by atoms with Gasteiger partial charge in [0, 0.05) is 4.90 Å². The zero-order valence-electron chi connectivity index (χ0n) is 15.3. The summed E-state index contributed by atoms with van der Waals surface area (Å²) in [6.07, 6.45) is 1.87. The molecule has 0 saturated heterocycles. The van der Waals surface area contributed by atoms with E-state index in [1.54, 1.807) is 12.1 Å². The van der Waals surface area contributed by atoms with E-state index in [1.165, 1.54) is 49.2 Å². The van der Waals surface area contributed by atoms with Gasteiger partial charge < -0.3 is 9.47 Å². The molecule has 0 spiro atoms. The van der Waals surface area contributed by atoms with Crippen LogP contribution in [0.2, 0.25) is 5.02 Å². The smallest absolute Gasteiger partial charge is 0.337 e. The van der Waals surface area contributed by atoms with E-state index < -0.39 is 28.5 Å². The first-order valence-corrected chi connectivity index (χ1v) is 10.9. The number of esters is 2. The molecule has 0 unspecified atom stereocenters. The SMILES string of the molecule is COC(=O)CN(c1cc(C(=O)OC)ccc1Cl)S(=O)(=O)c1ccc(SC)cc1. The number of methoxy groups -OCH3 is 2. The monoisotopic (exact) mass is 443 g/mol. The summed E-state index contributed by atoms with van der Waals surface area (Å²) in [5.74, 6) is -1.46. The van der Waals surface area contributed by atoms with Crippen LogP contribution in [0.5, 0.6) is 0 Å². The molecule has 0 amide bonds. The summed E-state index contributed by atoms with van der Waals surface area (Å²) in [6.45, 7) is -0.618. The molecule has 2 aromatic rings. The van der Waals surface area contributed by atoms with Crippen LogP contribution in [0.1, 0.15) is 10.4 Å². The summed E-state index contributed by atoms with van der Waals surface area (Å²) in [6, 6.07) is 10.2. The molecule has 28 heavy (non-hydrogen) atoms. The van der Waals surface area contributed by atoms with Gasteiger partial charge >= 0.3 is 11.9 Å². The molecular weight excluding hydrogens is 426 g/mol. The van der Waals surface area contributed by atoms with E-state index in [1.807, 2.05) is 6.26 Å². The Labute approximate surface area is 172 Å². The van der Waals surface area contributed by atoms with Crippen LogP contribution in [0.4, 0.5) is 5.69 Å². The van der Waals surface area contributed by atoms with Gasteiger partial charge in [-0.05, 0) is 48.7 Å². The second kappa shape index (κ2) is 9.31. The maximum atomic E-state index is 13.2. The predicted molar refractivity (Wildman–Crippen MR) is 108 cm³/mol. The molecule has 150 valence electrons. The van der Waals surface area contributed by atoms with Crippen LogP contribution in [0.3, 0.4) is 0 Å². The van der Waals surface area contributed by atoms with Crippen molar-refractivity contribution in [2.75, 3.05) is 31.3 Å². The quantitative estimate of drug-likeness (QED) is 0.479. The highest BCUT2D eigenvalue weighted by atomic mass is 35.5. The third kappa shape index (κ3) is 4.78. The molecule has 0 aromatic heterocycles. The lowest BCUT2D eigenvalue weighted by atomic mass is 10.2. The average Bonchev–Trinajstić information content (AvgIpc) is 2.71. The van der Waals surface area contributed by atoms with Crippen molar-refractivity contribution in [1.82, 2.24) is 0 Å². The van der Waals surface area contributed by atoms with Crippen molar-refractivity contribution in [3.05, 3.63) is 53.1 Å². The maximum absolute atomic E-state index is 13.2. The van der Waals surface area contributed by atoms with Gasteiger partial charge in [-0.25, -0.2) is 13.2 Å². The summed E-state index contributed by atoms with van der Waals surface area (Å²) in [7, 11) is -1.82. The van der Waals surface area contributed by atoms with Crippen LogP contribution in [0, 0.1) is 0 Å². The van der Waals surface area contributed by atoms with Gasteiger partial charge in [-0.2, -0.15) is 0 Å². The average molecular weight is 444 g/mol. The van der Waals surface area contributed by atoms with Gasteiger partial charge in [0.1, 0.15) is 6.54 Å². The van der Waals surface area contributed by atoms with E-state index in [4.69, 9.17) is 11.6 Å². The molecule has 0 fully saturated rings. The molecule has 2 aromatic carbocycles. The summed E-state index contributed by atoms with van der Waals surface area (Å²) < 4.78 is 36.5. The number of rotatable bonds is 7. The minimum Gasteiger partial charge on any atom is -0.468 e.